The number of rotatable bonds is 5. The molecule has 1 N–H and O–H groups in total. The summed E-state index contributed by atoms with van der Waals surface area (Å²) in [6, 6.07) is 7.94. The van der Waals surface area contributed by atoms with Crippen LogP contribution in [0.3, 0.4) is 0 Å². The number of carbonyl (C=O) groups is 3. The van der Waals surface area contributed by atoms with Crippen LogP contribution in [0.1, 0.15) is 72.7 Å². The van der Waals surface area contributed by atoms with Crippen LogP contribution in [-0.2, 0) is 4.74 Å². The van der Waals surface area contributed by atoms with Crippen LogP contribution in [0.25, 0.3) is 11.1 Å². The Labute approximate surface area is 176 Å². The molecule has 0 atom stereocenters. The molecule has 0 saturated heterocycles. The highest BCUT2D eigenvalue weighted by Gasteiger charge is 2.25. The first kappa shape index (κ1) is 23.1. The van der Waals surface area contributed by atoms with Gasteiger partial charge in [-0.3, -0.25) is 9.59 Å². The van der Waals surface area contributed by atoms with Crippen LogP contribution < -0.4 is 10.1 Å². The van der Waals surface area contributed by atoms with Gasteiger partial charge in [-0.2, -0.15) is 0 Å². The zero-order valence-corrected chi connectivity index (χ0v) is 18.5. The maximum atomic E-state index is 12.9. The number of aldehydes is 1. The summed E-state index contributed by atoms with van der Waals surface area (Å²) in [5.74, 6) is -0.640. The molecule has 1 amide bonds. The van der Waals surface area contributed by atoms with Crippen molar-refractivity contribution in [2.75, 3.05) is 7.11 Å². The largest absolute Gasteiger partial charge is 0.481 e. The molecule has 1 aromatic heterocycles. The van der Waals surface area contributed by atoms with Crippen molar-refractivity contribution in [1.82, 2.24) is 10.3 Å². The lowest BCUT2D eigenvalue weighted by atomic mass is 9.95. The number of hydrogen-bond acceptors (Lipinski definition) is 6. The molecule has 1 heterocycles. The molecule has 0 radical (unpaired) electrons. The Bertz CT molecular complexity index is 969. The van der Waals surface area contributed by atoms with Gasteiger partial charge >= 0.3 is 5.97 Å². The van der Waals surface area contributed by atoms with Gasteiger partial charge in [0.1, 0.15) is 11.3 Å². The van der Waals surface area contributed by atoms with E-state index in [9.17, 15) is 14.4 Å². The molecule has 7 nitrogen and oxygen atoms in total. The predicted octanol–water partition coefficient (Wildman–Crippen LogP) is 4.05. The van der Waals surface area contributed by atoms with Crippen LogP contribution in [0.2, 0.25) is 0 Å². The summed E-state index contributed by atoms with van der Waals surface area (Å²) >= 11 is 0. The summed E-state index contributed by atoms with van der Waals surface area (Å²) in [5, 5.41) is 2.87. The van der Waals surface area contributed by atoms with Crippen LogP contribution in [0.4, 0.5) is 0 Å². The Kier molecular flexibility index (Phi) is 6.65. The van der Waals surface area contributed by atoms with E-state index in [4.69, 9.17) is 9.47 Å². The quantitative estimate of drug-likeness (QED) is 0.588. The average molecular weight is 412 g/mol. The molecule has 0 aliphatic heterocycles. The van der Waals surface area contributed by atoms with Crippen molar-refractivity contribution in [3.63, 3.8) is 0 Å². The standard InChI is InChI=1S/C23H28N2O5/c1-22(2,3)25-20(27)14-8-9-15(17(12-14)21(28)30-23(4,5)6)16-10-11-19(29-7)24-18(16)13-26/h8-13H,1-7H3,(H,25,27). The fourth-order valence-electron chi connectivity index (χ4n) is 2.72. The number of methoxy groups -OCH3 is 1. The summed E-state index contributed by atoms with van der Waals surface area (Å²) in [5.41, 5.74) is 0.301. The summed E-state index contributed by atoms with van der Waals surface area (Å²) in [6.07, 6.45) is 0.594. The number of nitrogens with zero attached hydrogens (tertiary/aromatic N) is 1. The molecule has 2 aromatic rings. The highest BCUT2D eigenvalue weighted by molar-refractivity contribution is 6.03. The minimum Gasteiger partial charge on any atom is -0.481 e. The number of ether oxygens (including phenoxy) is 2. The van der Waals surface area contributed by atoms with Gasteiger partial charge in [0.2, 0.25) is 5.88 Å². The average Bonchev–Trinajstić information content (AvgIpc) is 2.64. The number of pyridine rings is 1. The lowest BCUT2D eigenvalue weighted by Gasteiger charge is -2.22. The molecule has 0 bridgehead atoms. The second kappa shape index (κ2) is 8.65. The van der Waals surface area contributed by atoms with Gasteiger partial charge in [0.15, 0.2) is 6.29 Å². The summed E-state index contributed by atoms with van der Waals surface area (Å²) < 4.78 is 10.6. The number of nitrogens with one attached hydrogen (secondary N) is 1. The normalized spacial score (nSPS) is 11.6. The van der Waals surface area contributed by atoms with Crippen LogP contribution in [-0.4, -0.2) is 41.4 Å². The number of benzene rings is 1. The molecular weight excluding hydrogens is 384 g/mol. The zero-order valence-electron chi connectivity index (χ0n) is 18.5. The third-order valence-corrected chi connectivity index (χ3v) is 3.90. The van der Waals surface area contributed by atoms with E-state index in [1.807, 2.05) is 20.8 Å². The van der Waals surface area contributed by atoms with E-state index in [-0.39, 0.29) is 23.0 Å². The number of hydrogen-bond donors (Lipinski definition) is 1. The fourth-order valence-corrected chi connectivity index (χ4v) is 2.72. The molecule has 0 spiro atoms. The maximum absolute atomic E-state index is 12.9. The van der Waals surface area contributed by atoms with E-state index >= 15 is 0 Å². The Balaban J connectivity index is 2.64. The van der Waals surface area contributed by atoms with Crippen LogP contribution in [0, 0.1) is 0 Å². The van der Waals surface area contributed by atoms with Crippen molar-refractivity contribution < 1.29 is 23.9 Å². The first-order chi connectivity index (χ1) is 13.8. The fraction of sp³-hybridized carbons (Fsp3) is 0.391. The first-order valence-corrected chi connectivity index (χ1v) is 9.55. The Hall–Kier alpha value is -3.22. The third kappa shape index (κ3) is 5.89. The van der Waals surface area contributed by atoms with Crippen LogP contribution >= 0.6 is 0 Å². The van der Waals surface area contributed by atoms with Gasteiger partial charge in [-0.25, -0.2) is 9.78 Å². The monoisotopic (exact) mass is 412 g/mol. The van der Waals surface area contributed by atoms with Crippen LogP contribution in [0.15, 0.2) is 30.3 Å². The Morgan fingerprint density at radius 1 is 1.00 bits per heavy atom. The molecule has 0 fully saturated rings. The van der Waals surface area contributed by atoms with E-state index < -0.39 is 17.1 Å². The summed E-state index contributed by atoms with van der Waals surface area (Å²) in [6.45, 7) is 10.9. The molecule has 1 aromatic carbocycles. The number of aromatic nitrogens is 1. The highest BCUT2D eigenvalue weighted by atomic mass is 16.6. The van der Waals surface area contributed by atoms with Crippen LogP contribution in [0.5, 0.6) is 5.88 Å². The molecule has 0 saturated carbocycles. The summed E-state index contributed by atoms with van der Waals surface area (Å²) in [4.78, 5) is 41.3. The van der Waals surface area contributed by atoms with Crippen molar-refractivity contribution in [2.24, 2.45) is 0 Å². The van der Waals surface area contributed by atoms with Gasteiger partial charge in [-0.1, -0.05) is 6.07 Å². The third-order valence-electron chi connectivity index (χ3n) is 3.90. The van der Waals surface area contributed by atoms with E-state index in [1.54, 1.807) is 45.0 Å². The van der Waals surface area contributed by atoms with E-state index in [1.165, 1.54) is 13.2 Å². The predicted molar refractivity (Wildman–Crippen MR) is 114 cm³/mol. The van der Waals surface area contributed by atoms with E-state index in [2.05, 4.69) is 10.3 Å². The van der Waals surface area contributed by atoms with Crippen molar-refractivity contribution in [2.45, 2.75) is 52.7 Å². The van der Waals surface area contributed by atoms with Crippen molar-refractivity contribution in [3.8, 4) is 17.0 Å². The zero-order chi connectivity index (χ0) is 22.7. The molecule has 0 aliphatic carbocycles. The van der Waals surface area contributed by atoms with Crippen molar-refractivity contribution >= 4 is 18.2 Å². The molecule has 0 aliphatic rings. The van der Waals surface area contributed by atoms with Gasteiger partial charge in [-0.05, 0) is 65.3 Å². The van der Waals surface area contributed by atoms with E-state index in [0.29, 0.717) is 23.0 Å². The molecular formula is C23H28N2O5. The van der Waals surface area contributed by atoms with Gasteiger partial charge < -0.3 is 14.8 Å². The topological polar surface area (TPSA) is 94.6 Å². The second-order valence-electron chi connectivity index (χ2n) is 8.87. The smallest absolute Gasteiger partial charge is 0.339 e. The highest BCUT2D eigenvalue weighted by Crippen LogP contribution is 2.30. The minimum absolute atomic E-state index is 0.117. The van der Waals surface area contributed by atoms with Gasteiger partial charge in [-0.15, -0.1) is 0 Å². The number of amides is 1. The van der Waals surface area contributed by atoms with E-state index in [0.717, 1.165) is 0 Å². The molecule has 30 heavy (non-hydrogen) atoms. The maximum Gasteiger partial charge on any atom is 0.339 e. The summed E-state index contributed by atoms with van der Waals surface area (Å²) in [7, 11) is 1.45. The van der Waals surface area contributed by atoms with Crippen molar-refractivity contribution in [1.29, 1.82) is 0 Å². The Morgan fingerprint density at radius 2 is 1.63 bits per heavy atom. The first-order valence-electron chi connectivity index (χ1n) is 9.55. The second-order valence-corrected chi connectivity index (χ2v) is 8.87. The molecule has 160 valence electrons. The lowest BCUT2D eigenvalue weighted by molar-refractivity contribution is 0.00703. The van der Waals surface area contributed by atoms with Gasteiger partial charge in [0.05, 0.1) is 12.7 Å². The molecule has 7 heteroatoms. The number of carbonyl (C=O) groups excluding carboxylic acids is 3. The lowest BCUT2D eigenvalue weighted by Crippen LogP contribution is -2.40. The van der Waals surface area contributed by atoms with Gasteiger partial charge in [0, 0.05) is 22.7 Å². The number of esters is 1. The minimum atomic E-state index is -0.732. The van der Waals surface area contributed by atoms with Crippen molar-refractivity contribution in [3.05, 3.63) is 47.2 Å². The van der Waals surface area contributed by atoms with Gasteiger partial charge in [0.25, 0.3) is 5.91 Å². The SMILES string of the molecule is COc1ccc(-c2ccc(C(=O)NC(C)(C)C)cc2C(=O)OC(C)(C)C)c(C=O)n1. The Morgan fingerprint density at radius 3 is 2.17 bits per heavy atom. The molecule has 2 rings (SSSR count). The molecule has 0 unspecified atom stereocenters.